The molecule has 3 aromatic carbocycles. The largest absolute Gasteiger partial charge is 0.329 e. The summed E-state index contributed by atoms with van der Waals surface area (Å²) in [7, 11) is 0. The van der Waals surface area contributed by atoms with Crippen LogP contribution in [0.2, 0.25) is 0 Å². The van der Waals surface area contributed by atoms with Crippen LogP contribution in [-0.2, 0) is 13.0 Å². The van der Waals surface area contributed by atoms with Gasteiger partial charge in [0.05, 0.1) is 17.4 Å². The number of nitrogens with one attached hydrogen (secondary N) is 1. The molecule has 0 unspecified atom stereocenters. The van der Waals surface area contributed by atoms with Crippen molar-refractivity contribution in [3.63, 3.8) is 0 Å². The molecule has 0 amide bonds. The predicted molar refractivity (Wildman–Crippen MR) is 116 cm³/mol. The molecule has 0 aliphatic carbocycles. The van der Waals surface area contributed by atoms with E-state index in [0.29, 0.717) is 17.3 Å². The molecule has 0 aliphatic rings. The van der Waals surface area contributed by atoms with Crippen molar-refractivity contribution < 1.29 is 0 Å². The molecule has 1 heterocycles. The first kappa shape index (κ1) is 18.5. The van der Waals surface area contributed by atoms with E-state index in [4.69, 9.17) is 0 Å². The van der Waals surface area contributed by atoms with Crippen LogP contribution in [0.15, 0.2) is 82.4 Å². The molecule has 0 bridgehead atoms. The Morgan fingerprint density at radius 3 is 2.24 bits per heavy atom. The highest BCUT2D eigenvalue weighted by atomic mass is 16.2. The average molecular weight is 380 g/mol. The highest BCUT2D eigenvalue weighted by Gasteiger charge is 2.10. The Hall–Kier alpha value is -3.84. The molecule has 29 heavy (non-hydrogen) atoms. The van der Waals surface area contributed by atoms with E-state index < -0.39 is 5.69 Å². The first-order valence-corrected chi connectivity index (χ1v) is 9.46. The van der Waals surface area contributed by atoms with E-state index in [9.17, 15) is 9.59 Å². The summed E-state index contributed by atoms with van der Waals surface area (Å²) in [6, 6.07) is 23.1. The van der Waals surface area contributed by atoms with Crippen molar-refractivity contribution >= 4 is 10.9 Å². The fourth-order valence-electron chi connectivity index (χ4n) is 3.29. The Labute approximate surface area is 168 Å². The molecule has 0 radical (unpaired) electrons. The Morgan fingerprint density at radius 2 is 1.55 bits per heavy atom. The maximum Gasteiger partial charge on any atom is 0.329 e. The third-order valence-corrected chi connectivity index (χ3v) is 4.87. The number of rotatable bonds is 3. The van der Waals surface area contributed by atoms with Gasteiger partial charge in [0.15, 0.2) is 0 Å². The Morgan fingerprint density at radius 1 is 0.897 bits per heavy atom. The van der Waals surface area contributed by atoms with E-state index in [2.05, 4.69) is 16.8 Å². The highest BCUT2D eigenvalue weighted by Crippen LogP contribution is 2.14. The number of benzene rings is 3. The number of fused-ring (bicyclic) bond motifs is 1. The van der Waals surface area contributed by atoms with Gasteiger partial charge in [-0.15, -0.1) is 0 Å². The van der Waals surface area contributed by atoms with Gasteiger partial charge >= 0.3 is 5.69 Å². The quantitative estimate of drug-likeness (QED) is 0.552. The van der Waals surface area contributed by atoms with Crippen molar-refractivity contribution in [1.82, 2.24) is 9.55 Å². The molecule has 1 N–H and O–H groups in total. The minimum atomic E-state index is -0.409. The number of aromatic nitrogens is 2. The van der Waals surface area contributed by atoms with E-state index >= 15 is 0 Å². The van der Waals surface area contributed by atoms with Crippen LogP contribution in [0.25, 0.3) is 10.9 Å². The van der Waals surface area contributed by atoms with E-state index in [0.717, 1.165) is 22.3 Å². The maximum absolute atomic E-state index is 13.0. The van der Waals surface area contributed by atoms with Gasteiger partial charge in [-0.05, 0) is 35.7 Å². The smallest absolute Gasteiger partial charge is 0.307 e. The summed E-state index contributed by atoms with van der Waals surface area (Å²) in [4.78, 5) is 28.3. The molecule has 0 atom stereocenters. The summed E-state index contributed by atoms with van der Waals surface area (Å²) in [6.45, 7) is 2.16. The second-order valence-electron chi connectivity index (χ2n) is 6.98. The van der Waals surface area contributed by atoms with E-state index in [1.54, 1.807) is 6.07 Å². The fourth-order valence-corrected chi connectivity index (χ4v) is 3.29. The Kier molecular flexibility index (Phi) is 5.13. The topological polar surface area (TPSA) is 54.9 Å². The monoisotopic (exact) mass is 380 g/mol. The van der Waals surface area contributed by atoms with Crippen LogP contribution < -0.4 is 11.2 Å². The van der Waals surface area contributed by atoms with Gasteiger partial charge in [-0.1, -0.05) is 72.5 Å². The van der Waals surface area contributed by atoms with Crippen LogP contribution in [0.3, 0.4) is 0 Å². The number of hydrogen-bond acceptors (Lipinski definition) is 2. The lowest BCUT2D eigenvalue weighted by molar-refractivity contribution is 0.711. The molecule has 0 spiro atoms. The Balaban J connectivity index is 1.74. The summed E-state index contributed by atoms with van der Waals surface area (Å²) in [5.41, 5.74) is 3.59. The van der Waals surface area contributed by atoms with Gasteiger partial charge in [0, 0.05) is 12.0 Å². The molecular formula is C25H20N2O2. The van der Waals surface area contributed by atoms with E-state index in [-0.39, 0.29) is 12.1 Å². The van der Waals surface area contributed by atoms with Crippen molar-refractivity contribution in [1.29, 1.82) is 0 Å². The fraction of sp³-hybridized carbons (Fsp3) is 0.120. The van der Waals surface area contributed by atoms with Gasteiger partial charge in [-0.25, -0.2) is 4.79 Å². The van der Waals surface area contributed by atoms with Crippen molar-refractivity contribution in [2.24, 2.45) is 0 Å². The number of nitrogens with zero attached hydrogens (tertiary/aromatic N) is 1. The zero-order valence-corrected chi connectivity index (χ0v) is 16.1. The second-order valence-corrected chi connectivity index (χ2v) is 6.98. The molecule has 142 valence electrons. The van der Waals surface area contributed by atoms with Crippen LogP contribution in [0.4, 0.5) is 0 Å². The summed E-state index contributed by atoms with van der Waals surface area (Å²) in [5.74, 6) is 6.35. The lowest BCUT2D eigenvalue weighted by Gasteiger charge is -2.08. The molecule has 4 rings (SSSR count). The summed E-state index contributed by atoms with van der Waals surface area (Å²) >= 11 is 0. The summed E-state index contributed by atoms with van der Waals surface area (Å²) in [6.07, 6.45) is 0.641. The first-order valence-electron chi connectivity index (χ1n) is 9.46. The maximum atomic E-state index is 13.0. The number of aromatic amines is 1. The summed E-state index contributed by atoms with van der Waals surface area (Å²) < 4.78 is 1.23. The van der Waals surface area contributed by atoms with Crippen molar-refractivity contribution in [3.8, 4) is 11.8 Å². The number of aryl methyl sites for hydroxylation is 1. The standard InChI is InChI=1S/C25H20N2O2/c1-18-15-23-22(16-21(18)14-8-13-19-9-4-2-5-10-19)24(28)27(25(29)26-23)17-20-11-6-3-7-12-20/h2-7,9-12,15-16H,13,17H2,1H3,(H,26,29). The predicted octanol–water partition coefficient (Wildman–Crippen LogP) is 3.64. The average Bonchev–Trinajstić information content (AvgIpc) is 2.73. The number of H-pyrrole nitrogens is 1. The van der Waals surface area contributed by atoms with Gasteiger partial charge in [0.25, 0.3) is 5.56 Å². The van der Waals surface area contributed by atoms with Crippen LogP contribution in [-0.4, -0.2) is 9.55 Å². The van der Waals surface area contributed by atoms with Crippen molar-refractivity contribution in [3.05, 3.63) is 116 Å². The highest BCUT2D eigenvalue weighted by molar-refractivity contribution is 5.80. The molecule has 4 heteroatoms. The molecule has 0 saturated heterocycles. The van der Waals surface area contributed by atoms with Crippen LogP contribution >= 0.6 is 0 Å². The lowest BCUT2D eigenvalue weighted by Crippen LogP contribution is -2.35. The van der Waals surface area contributed by atoms with Gasteiger partial charge in [-0.2, -0.15) is 0 Å². The van der Waals surface area contributed by atoms with Gasteiger partial charge in [0.2, 0.25) is 0 Å². The van der Waals surface area contributed by atoms with E-state index in [1.165, 1.54) is 4.57 Å². The third kappa shape index (κ3) is 4.04. The van der Waals surface area contributed by atoms with Crippen molar-refractivity contribution in [2.45, 2.75) is 19.9 Å². The zero-order chi connectivity index (χ0) is 20.2. The molecule has 4 nitrogen and oxygen atoms in total. The molecule has 0 aliphatic heterocycles. The SMILES string of the molecule is Cc1cc2[nH]c(=O)n(Cc3ccccc3)c(=O)c2cc1C#CCc1ccccc1. The van der Waals surface area contributed by atoms with Crippen LogP contribution in [0.1, 0.15) is 22.3 Å². The second kappa shape index (κ2) is 8.04. The molecule has 4 aromatic rings. The minimum absolute atomic E-state index is 0.230. The lowest BCUT2D eigenvalue weighted by atomic mass is 10.1. The zero-order valence-electron chi connectivity index (χ0n) is 16.1. The number of hydrogen-bond donors (Lipinski definition) is 1. The third-order valence-electron chi connectivity index (χ3n) is 4.87. The Bertz CT molecular complexity index is 1340. The first-order chi connectivity index (χ1) is 14.1. The van der Waals surface area contributed by atoms with E-state index in [1.807, 2.05) is 73.7 Å². The van der Waals surface area contributed by atoms with Crippen LogP contribution in [0, 0.1) is 18.8 Å². The minimum Gasteiger partial charge on any atom is -0.307 e. The van der Waals surface area contributed by atoms with Crippen LogP contribution in [0.5, 0.6) is 0 Å². The van der Waals surface area contributed by atoms with Gasteiger partial charge in [0.1, 0.15) is 0 Å². The summed E-state index contributed by atoms with van der Waals surface area (Å²) in [5, 5.41) is 0.468. The molecule has 1 aromatic heterocycles. The van der Waals surface area contributed by atoms with Crippen molar-refractivity contribution in [2.75, 3.05) is 0 Å². The normalized spacial score (nSPS) is 10.5. The molecular weight excluding hydrogens is 360 g/mol. The van der Waals surface area contributed by atoms with Gasteiger partial charge < -0.3 is 4.98 Å². The molecule has 0 fully saturated rings. The van der Waals surface area contributed by atoms with Gasteiger partial charge in [-0.3, -0.25) is 9.36 Å². The molecule has 0 saturated carbocycles.